The number of carbonyl (C=O) groups is 1. The number of benzene rings is 1. The average Bonchev–Trinajstić information content (AvgIpc) is 2.57. The number of H-pyrrole nitrogens is 1. The van der Waals surface area contributed by atoms with Gasteiger partial charge in [-0.1, -0.05) is 19.9 Å². The molecule has 1 aromatic heterocycles. The lowest BCUT2D eigenvalue weighted by molar-refractivity contribution is -0.141. The van der Waals surface area contributed by atoms with E-state index in [0.29, 0.717) is 6.07 Å². The Kier molecular flexibility index (Phi) is 5.86. The number of halogens is 6. The Morgan fingerprint density at radius 2 is 1.75 bits per heavy atom. The summed E-state index contributed by atoms with van der Waals surface area (Å²) in [4.78, 5) is 28.2. The number of hydrogen-bond acceptors (Lipinski definition) is 3. The highest BCUT2D eigenvalue weighted by Gasteiger charge is 2.37. The molecule has 1 heterocycles. The van der Waals surface area contributed by atoms with E-state index in [2.05, 4.69) is 10.3 Å². The Morgan fingerprint density at radius 3 is 2.29 bits per heavy atom. The van der Waals surface area contributed by atoms with E-state index in [1.54, 1.807) is 13.8 Å². The third-order valence-corrected chi connectivity index (χ3v) is 3.67. The van der Waals surface area contributed by atoms with Crippen molar-refractivity contribution in [3.05, 3.63) is 51.4 Å². The van der Waals surface area contributed by atoms with Crippen molar-refractivity contribution in [2.45, 2.75) is 32.7 Å². The first-order valence-electron chi connectivity index (χ1n) is 7.96. The van der Waals surface area contributed by atoms with E-state index in [1.807, 2.05) is 4.98 Å². The van der Waals surface area contributed by atoms with E-state index >= 15 is 0 Å². The van der Waals surface area contributed by atoms with Gasteiger partial charge in [-0.25, -0.2) is 4.98 Å². The molecule has 0 saturated carbocycles. The first-order valence-corrected chi connectivity index (χ1v) is 7.96. The molecule has 28 heavy (non-hydrogen) atoms. The van der Waals surface area contributed by atoms with Gasteiger partial charge >= 0.3 is 12.4 Å². The topological polar surface area (TPSA) is 74.8 Å². The summed E-state index contributed by atoms with van der Waals surface area (Å²) in [6.45, 7) is 3.08. The zero-order valence-corrected chi connectivity index (χ0v) is 14.6. The molecule has 0 bridgehead atoms. The van der Waals surface area contributed by atoms with E-state index in [0.717, 1.165) is 12.1 Å². The van der Waals surface area contributed by atoms with Crippen molar-refractivity contribution >= 4 is 5.91 Å². The number of nitrogens with one attached hydrogen (secondary N) is 2. The number of amides is 1. The van der Waals surface area contributed by atoms with Crippen molar-refractivity contribution in [1.82, 2.24) is 15.3 Å². The summed E-state index contributed by atoms with van der Waals surface area (Å²) in [6, 6.07) is 2.83. The van der Waals surface area contributed by atoms with Gasteiger partial charge in [0.1, 0.15) is 5.82 Å². The Bertz CT molecular complexity index is 932. The minimum Gasteiger partial charge on any atom is -0.352 e. The van der Waals surface area contributed by atoms with Crippen LogP contribution in [0.15, 0.2) is 29.1 Å². The highest BCUT2D eigenvalue weighted by atomic mass is 19.4. The highest BCUT2D eigenvalue weighted by molar-refractivity contribution is 5.77. The van der Waals surface area contributed by atoms with Crippen molar-refractivity contribution in [2.75, 3.05) is 0 Å². The molecular formula is C17H15F6N3O2. The molecule has 1 amide bonds. The lowest BCUT2D eigenvalue weighted by Gasteiger charge is -2.15. The molecule has 0 aliphatic heterocycles. The van der Waals surface area contributed by atoms with Crippen LogP contribution < -0.4 is 10.9 Å². The largest absolute Gasteiger partial charge is 0.433 e. The van der Waals surface area contributed by atoms with Crippen LogP contribution in [-0.4, -0.2) is 15.9 Å². The number of aromatic nitrogens is 2. The van der Waals surface area contributed by atoms with Gasteiger partial charge in [0.2, 0.25) is 5.91 Å². The van der Waals surface area contributed by atoms with E-state index in [9.17, 15) is 35.9 Å². The fourth-order valence-corrected chi connectivity index (χ4v) is 2.27. The molecule has 152 valence electrons. The predicted molar refractivity (Wildman–Crippen MR) is 87.0 cm³/mol. The number of rotatable bonds is 4. The molecule has 0 aliphatic rings. The third-order valence-electron chi connectivity index (χ3n) is 3.67. The standard InChI is InChI=1S/C17H15F6N3O2/c1-8(2)15(28)24-7-9-3-4-11(16(18,19)20)10(5-9)14-25-12(17(21,22)23)6-13(27)26-14/h3-6,8H,7H2,1-2H3,(H,24,28)(H,25,26,27). The molecule has 0 spiro atoms. The summed E-state index contributed by atoms with van der Waals surface area (Å²) in [5.41, 5.74) is -4.67. The van der Waals surface area contributed by atoms with Gasteiger partial charge in [0.15, 0.2) is 5.69 Å². The summed E-state index contributed by atoms with van der Waals surface area (Å²) >= 11 is 0. The lowest BCUT2D eigenvalue weighted by Crippen LogP contribution is -2.27. The Labute approximate surface area is 154 Å². The maximum Gasteiger partial charge on any atom is 0.433 e. The monoisotopic (exact) mass is 407 g/mol. The van der Waals surface area contributed by atoms with Crippen LogP contribution in [0.4, 0.5) is 26.3 Å². The van der Waals surface area contributed by atoms with Gasteiger partial charge in [-0.3, -0.25) is 9.59 Å². The minimum atomic E-state index is -5.01. The van der Waals surface area contributed by atoms with Crippen molar-refractivity contribution in [1.29, 1.82) is 0 Å². The van der Waals surface area contributed by atoms with Gasteiger partial charge in [-0.05, 0) is 17.7 Å². The smallest absolute Gasteiger partial charge is 0.352 e. The molecule has 11 heteroatoms. The van der Waals surface area contributed by atoms with Crippen LogP contribution in [0.2, 0.25) is 0 Å². The Balaban J connectivity index is 2.57. The molecule has 2 rings (SSSR count). The number of alkyl halides is 6. The third kappa shape index (κ3) is 5.11. The van der Waals surface area contributed by atoms with Gasteiger partial charge in [-0.2, -0.15) is 26.3 Å². The summed E-state index contributed by atoms with van der Waals surface area (Å²) in [7, 11) is 0. The second-order valence-corrected chi connectivity index (χ2v) is 6.23. The molecule has 2 N–H and O–H groups in total. The van der Waals surface area contributed by atoms with Crippen molar-refractivity contribution in [2.24, 2.45) is 5.92 Å². The van der Waals surface area contributed by atoms with Crippen molar-refractivity contribution in [3.8, 4) is 11.4 Å². The van der Waals surface area contributed by atoms with Crippen LogP contribution in [-0.2, 0) is 23.7 Å². The summed E-state index contributed by atoms with van der Waals surface area (Å²) in [5, 5.41) is 2.49. The number of hydrogen-bond donors (Lipinski definition) is 2. The molecule has 5 nitrogen and oxygen atoms in total. The fraction of sp³-hybridized carbons (Fsp3) is 0.353. The molecule has 0 saturated heterocycles. The Morgan fingerprint density at radius 1 is 1.11 bits per heavy atom. The van der Waals surface area contributed by atoms with Gasteiger partial charge < -0.3 is 10.3 Å². The molecule has 0 atom stereocenters. The van der Waals surface area contributed by atoms with E-state index in [1.165, 1.54) is 0 Å². The second-order valence-electron chi connectivity index (χ2n) is 6.23. The summed E-state index contributed by atoms with van der Waals surface area (Å²) in [5.74, 6) is -1.59. The number of carbonyl (C=O) groups excluding carboxylic acids is 1. The van der Waals surface area contributed by atoms with Crippen LogP contribution in [0.1, 0.15) is 30.7 Å². The van der Waals surface area contributed by atoms with Crippen LogP contribution >= 0.6 is 0 Å². The summed E-state index contributed by atoms with van der Waals surface area (Å²) < 4.78 is 78.6. The predicted octanol–water partition coefficient (Wildman–Crippen LogP) is 3.75. The maximum absolute atomic E-state index is 13.3. The number of nitrogens with zero attached hydrogens (tertiary/aromatic N) is 1. The lowest BCUT2D eigenvalue weighted by atomic mass is 10.0. The van der Waals surface area contributed by atoms with Crippen LogP contribution in [0, 0.1) is 5.92 Å². The average molecular weight is 407 g/mol. The maximum atomic E-state index is 13.3. The SMILES string of the molecule is CC(C)C(=O)NCc1ccc(C(F)(F)F)c(-c2nc(C(F)(F)F)cc(=O)[nH]2)c1. The van der Waals surface area contributed by atoms with Crippen molar-refractivity contribution in [3.63, 3.8) is 0 Å². The summed E-state index contributed by atoms with van der Waals surface area (Å²) in [6.07, 6.45) is -9.91. The van der Waals surface area contributed by atoms with E-state index in [-0.39, 0.29) is 30.0 Å². The zero-order valence-electron chi connectivity index (χ0n) is 14.6. The first kappa shape index (κ1) is 21.5. The first-order chi connectivity index (χ1) is 12.8. The normalized spacial score (nSPS) is 12.3. The molecule has 0 unspecified atom stereocenters. The molecule has 2 aromatic rings. The zero-order chi connectivity index (χ0) is 21.3. The second kappa shape index (κ2) is 7.64. The quantitative estimate of drug-likeness (QED) is 0.759. The van der Waals surface area contributed by atoms with Crippen LogP contribution in [0.25, 0.3) is 11.4 Å². The fourth-order valence-electron chi connectivity index (χ4n) is 2.27. The number of aromatic amines is 1. The Hall–Kier alpha value is -2.85. The highest BCUT2D eigenvalue weighted by Crippen LogP contribution is 2.37. The molecular weight excluding hydrogens is 392 g/mol. The van der Waals surface area contributed by atoms with E-state index in [4.69, 9.17) is 0 Å². The molecule has 0 aliphatic carbocycles. The van der Waals surface area contributed by atoms with E-state index < -0.39 is 40.6 Å². The minimum absolute atomic E-state index is 0.147. The van der Waals surface area contributed by atoms with Crippen molar-refractivity contribution < 1.29 is 31.1 Å². The van der Waals surface area contributed by atoms with Gasteiger partial charge in [0, 0.05) is 24.1 Å². The molecule has 0 radical (unpaired) electrons. The van der Waals surface area contributed by atoms with Crippen LogP contribution in [0.3, 0.4) is 0 Å². The molecule has 0 fully saturated rings. The van der Waals surface area contributed by atoms with Gasteiger partial charge in [0.05, 0.1) is 5.56 Å². The molecule has 1 aromatic carbocycles. The van der Waals surface area contributed by atoms with Gasteiger partial charge in [0.25, 0.3) is 5.56 Å². The van der Waals surface area contributed by atoms with Gasteiger partial charge in [-0.15, -0.1) is 0 Å². The van der Waals surface area contributed by atoms with Crippen LogP contribution in [0.5, 0.6) is 0 Å².